The van der Waals surface area contributed by atoms with Crippen molar-refractivity contribution in [1.82, 2.24) is 15.5 Å². The average molecular weight is 374 g/mol. The summed E-state index contributed by atoms with van der Waals surface area (Å²) in [5.41, 5.74) is 1.76. The molecule has 0 bridgehead atoms. The zero-order chi connectivity index (χ0) is 19.1. The molecule has 2 N–H and O–H groups in total. The van der Waals surface area contributed by atoms with E-state index in [0.29, 0.717) is 22.7 Å². The van der Waals surface area contributed by atoms with E-state index in [4.69, 9.17) is 11.6 Å². The number of hydrogen-bond donors (Lipinski definition) is 2. The van der Waals surface area contributed by atoms with Crippen LogP contribution < -0.4 is 10.6 Å². The van der Waals surface area contributed by atoms with Gasteiger partial charge in [-0.15, -0.1) is 0 Å². The van der Waals surface area contributed by atoms with E-state index in [1.54, 1.807) is 62.6 Å². The molecule has 2 aromatic rings. The number of nitrogens with zero attached hydrogens (tertiary/aromatic N) is 1. The summed E-state index contributed by atoms with van der Waals surface area (Å²) >= 11 is 5.97. The summed E-state index contributed by atoms with van der Waals surface area (Å²) in [6, 6.07) is 13.6. The number of likely N-dealkylation sites (N-methyl/N-ethyl adjacent to an activating group) is 1. The van der Waals surface area contributed by atoms with Crippen LogP contribution in [0.25, 0.3) is 0 Å². The lowest BCUT2D eigenvalue weighted by Gasteiger charge is -2.18. The van der Waals surface area contributed by atoms with Crippen LogP contribution in [0.5, 0.6) is 0 Å². The number of carbonyl (C=O) groups is 3. The van der Waals surface area contributed by atoms with Crippen molar-refractivity contribution in [1.29, 1.82) is 0 Å². The monoisotopic (exact) mass is 373 g/mol. The van der Waals surface area contributed by atoms with Crippen molar-refractivity contribution in [2.45, 2.75) is 6.54 Å². The number of rotatable bonds is 6. The van der Waals surface area contributed by atoms with Gasteiger partial charge >= 0.3 is 0 Å². The normalized spacial score (nSPS) is 10.1. The van der Waals surface area contributed by atoms with Gasteiger partial charge in [0, 0.05) is 26.2 Å². The van der Waals surface area contributed by atoms with Gasteiger partial charge < -0.3 is 15.5 Å². The Kier molecular flexibility index (Phi) is 6.74. The molecule has 0 unspecified atom stereocenters. The first-order valence-corrected chi connectivity index (χ1v) is 8.38. The highest BCUT2D eigenvalue weighted by Crippen LogP contribution is 2.14. The first-order chi connectivity index (χ1) is 12.4. The minimum absolute atomic E-state index is 0.128. The van der Waals surface area contributed by atoms with Crippen molar-refractivity contribution in [3.05, 3.63) is 70.2 Å². The zero-order valence-electron chi connectivity index (χ0n) is 14.6. The van der Waals surface area contributed by atoms with Gasteiger partial charge in [0.15, 0.2) is 0 Å². The molecule has 7 heteroatoms. The number of halogens is 1. The number of hydrogen-bond acceptors (Lipinski definition) is 3. The van der Waals surface area contributed by atoms with Gasteiger partial charge in [0.1, 0.15) is 0 Å². The van der Waals surface area contributed by atoms with Crippen molar-refractivity contribution in [2.75, 3.05) is 20.6 Å². The maximum absolute atomic E-state index is 12.2. The van der Waals surface area contributed by atoms with Gasteiger partial charge in [-0.3, -0.25) is 14.4 Å². The number of amides is 3. The Morgan fingerprint density at radius 1 is 1.00 bits per heavy atom. The number of nitrogens with one attached hydrogen (secondary N) is 2. The molecule has 0 aromatic heterocycles. The second-order valence-corrected chi connectivity index (χ2v) is 6.10. The summed E-state index contributed by atoms with van der Waals surface area (Å²) in [6.45, 7) is 0.242. The van der Waals surface area contributed by atoms with E-state index in [9.17, 15) is 14.4 Å². The molecule has 0 aliphatic carbocycles. The van der Waals surface area contributed by atoms with E-state index in [2.05, 4.69) is 10.6 Å². The maximum atomic E-state index is 12.2. The SMILES string of the molecule is CNC(=O)c1ccc(CN(C)C(=O)CNC(=O)c2ccccc2Cl)cc1. The average Bonchev–Trinajstić information content (AvgIpc) is 2.66. The molecule has 0 radical (unpaired) electrons. The van der Waals surface area contributed by atoms with Crippen LogP contribution >= 0.6 is 11.6 Å². The smallest absolute Gasteiger partial charge is 0.253 e. The second-order valence-electron chi connectivity index (χ2n) is 5.69. The molecular formula is C19H20ClN3O3. The van der Waals surface area contributed by atoms with E-state index in [1.807, 2.05) is 0 Å². The van der Waals surface area contributed by atoms with Gasteiger partial charge in [-0.25, -0.2) is 0 Å². The van der Waals surface area contributed by atoms with Crippen LogP contribution in [0.15, 0.2) is 48.5 Å². The van der Waals surface area contributed by atoms with Crippen LogP contribution in [0.4, 0.5) is 0 Å². The Balaban J connectivity index is 1.88. The fraction of sp³-hybridized carbons (Fsp3) is 0.211. The molecule has 0 aliphatic rings. The Morgan fingerprint density at radius 2 is 1.65 bits per heavy atom. The Labute approximate surface area is 157 Å². The molecule has 0 aliphatic heterocycles. The van der Waals surface area contributed by atoms with Gasteiger partial charge in [-0.2, -0.15) is 0 Å². The summed E-state index contributed by atoms with van der Waals surface area (Å²) in [7, 11) is 3.22. The maximum Gasteiger partial charge on any atom is 0.253 e. The van der Waals surface area contributed by atoms with Crippen molar-refractivity contribution in [2.24, 2.45) is 0 Å². The third-order valence-electron chi connectivity index (χ3n) is 3.81. The highest BCUT2D eigenvalue weighted by molar-refractivity contribution is 6.33. The fourth-order valence-corrected chi connectivity index (χ4v) is 2.52. The first-order valence-electron chi connectivity index (χ1n) is 8.00. The van der Waals surface area contributed by atoms with Crippen molar-refractivity contribution in [3.8, 4) is 0 Å². The summed E-state index contributed by atoms with van der Waals surface area (Å²) in [4.78, 5) is 37.3. The molecular weight excluding hydrogens is 354 g/mol. The summed E-state index contributed by atoms with van der Waals surface area (Å²) in [5, 5.41) is 5.46. The number of benzene rings is 2. The third-order valence-corrected chi connectivity index (χ3v) is 4.14. The molecule has 2 aromatic carbocycles. The highest BCUT2D eigenvalue weighted by Gasteiger charge is 2.14. The van der Waals surface area contributed by atoms with Gasteiger partial charge in [0.05, 0.1) is 17.1 Å². The molecule has 0 atom stereocenters. The molecule has 136 valence electrons. The van der Waals surface area contributed by atoms with Crippen LogP contribution in [0.1, 0.15) is 26.3 Å². The summed E-state index contributed by atoms with van der Waals surface area (Å²) in [6.07, 6.45) is 0. The minimum Gasteiger partial charge on any atom is -0.355 e. The van der Waals surface area contributed by atoms with Crippen LogP contribution in [0, 0.1) is 0 Å². The van der Waals surface area contributed by atoms with Gasteiger partial charge in [0.25, 0.3) is 11.8 Å². The molecule has 0 saturated heterocycles. The van der Waals surface area contributed by atoms with Crippen LogP contribution in [-0.2, 0) is 11.3 Å². The predicted octanol–water partition coefficient (Wildman–Crippen LogP) is 2.09. The molecule has 6 nitrogen and oxygen atoms in total. The standard InChI is InChI=1S/C19H20ClN3O3/c1-21-18(25)14-9-7-13(8-10-14)12-23(2)17(24)11-22-19(26)15-5-3-4-6-16(15)20/h3-10H,11-12H2,1-2H3,(H,21,25)(H,22,26). The molecule has 0 heterocycles. The van der Waals surface area contributed by atoms with Crippen LogP contribution in [-0.4, -0.2) is 43.3 Å². The lowest BCUT2D eigenvalue weighted by Crippen LogP contribution is -2.37. The molecule has 0 saturated carbocycles. The van der Waals surface area contributed by atoms with Crippen molar-refractivity contribution >= 4 is 29.3 Å². The van der Waals surface area contributed by atoms with Crippen LogP contribution in [0.2, 0.25) is 5.02 Å². The molecule has 26 heavy (non-hydrogen) atoms. The quantitative estimate of drug-likeness (QED) is 0.813. The lowest BCUT2D eigenvalue weighted by molar-refractivity contribution is -0.129. The first kappa shape index (κ1) is 19.5. The zero-order valence-corrected chi connectivity index (χ0v) is 15.3. The second kappa shape index (κ2) is 9.01. The highest BCUT2D eigenvalue weighted by atomic mass is 35.5. The number of carbonyl (C=O) groups excluding carboxylic acids is 3. The fourth-order valence-electron chi connectivity index (χ4n) is 2.30. The minimum atomic E-state index is -0.396. The predicted molar refractivity (Wildman–Crippen MR) is 100 cm³/mol. The lowest BCUT2D eigenvalue weighted by atomic mass is 10.1. The van der Waals surface area contributed by atoms with E-state index in [1.165, 1.54) is 4.90 Å². The molecule has 3 amide bonds. The Bertz CT molecular complexity index is 806. The summed E-state index contributed by atoms with van der Waals surface area (Å²) < 4.78 is 0. The molecule has 0 spiro atoms. The topological polar surface area (TPSA) is 78.5 Å². The largest absolute Gasteiger partial charge is 0.355 e. The Hall–Kier alpha value is -2.86. The van der Waals surface area contributed by atoms with E-state index < -0.39 is 5.91 Å². The summed E-state index contributed by atoms with van der Waals surface area (Å²) in [5.74, 6) is -0.795. The van der Waals surface area contributed by atoms with E-state index >= 15 is 0 Å². The van der Waals surface area contributed by atoms with E-state index in [-0.39, 0.29) is 18.4 Å². The third kappa shape index (κ3) is 5.07. The molecule has 0 fully saturated rings. The van der Waals surface area contributed by atoms with Crippen molar-refractivity contribution < 1.29 is 14.4 Å². The Morgan fingerprint density at radius 3 is 2.27 bits per heavy atom. The van der Waals surface area contributed by atoms with Gasteiger partial charge in [-0.1, -0.05) is 35.9 Å². The van der Waals surface area contributed by atoms with E-state index in [0.717, 1.165) is 5.56 Å². The van der Waals surface area contributed by atoms with Gasteiger partial charge in [-0.05, 0) is 29.8 Å². The molecule has 2 rings (SSSR count). The van der Waals surface area contributed by atoms with Gasteiger partial charge in [0.2, 0.25) is 5.91 Å². The van der Waals surface area contributed by atoms with Crippen molar-refractivity contribution in [3.63, 3.8) is 0 Å². The van der Waals surface area contributed by atoms with Crippen LogP contribution in [0.3, 0.4) is 0 Å².